The van der Waals surface area contributed by atoms with Crippen LogP contribution >= 0.6 is 15.9 Å². The van der Waals surface area contributed by atoms with E-state index in [1.165, 1.54) is 12.8 Å². The number of aromatic nitrogens is 2. The van der Waals surface area contributed by atoms with Crippen molar-refractivity contribution in [3.8, 4) is 11.3 Å². The smallest absolute Gasteiger partial charge is 0.339 e. The van der Waals surface area contributed by atoms with E-state index in [2.05, 4.69) is 28.0 Å². The lowest BCUT2D eigenvalue weighted by Crippen LogP contribution is -2.07. The molecule has 1 aromatic carbocycles. The molecule has 1 saturated carbocycles. The Labute approximate surface area is 125 Å². The van der Waals surface area contributed by atoms with Crippen molar-refractivity contribution < 1.29 is 9.90 Å². The number of halogens is 1. The predicted octanol–water partition coefficient (Wildman–Crippen LogP) is 3.98. The van der Waals surface area contributed by atoms with E-state index >= 15 is 0 Å². The van der Waals surface area contributed by atoms with E-state index < -0.39 is 5.97 Å². The van der Waals surface area contributed by atoms with Crippen LogP contribution in [0.4, 0.5) is 0 Å². The quantitative estimate of drug-likeness (QED) is 0.919. The monoisotopic (exact) mass is 334 g/mol. The molecule has 0 saturated heterocycles. The van der Waals surface area contributed by atoms with Gasteiger partial charge in [-0.05, 0) is 37.8 Å². The summed E-state index contributed by atoms with van der Waals surface area (Å²) in [5.74, 6) is -0.300. The molecular weight excluding hydrogens is 320 g/mol. The molecule has 0 amide bonds. The summed E-state index contributed by atoms with van der Waals surface area (Å²) in [6.07, 6.45) is 4.07. The molecule has 1 aromatic heterocycles. The molecule has 20 heavy (non-hydrogen) atoms. The first-order valence-corrected chi connectivity index (χ1v) is 7.44. The molecule has 5 heteroatoms. The average Bonchev–Trinajstić information content (AvgIpc) is 3.17. The van der Waals surface area contributed by atoms with Crippen LogP contribution in [0.25, 0.3) is 11.3 Å². The van der Waals surface area contributed by atoms with Crippen molar-refractivity contribution in [2.45, 2.75) is 25.8 Å². The number of carbonyl (C=O) groups is 1. The second-order valence-corrected chi connectivity index (χ2v) is 6.18. The minimum absolute atomic E-state index is 0.261. The number of carboxylic acids is 1. The van der Waals surface area contributed by atoms with Gasteiger partial charge in [0, 0.05) is 16.2 Å². The molecule has 3 rings (SSSR count). The average molecular weight is 335 g/mol. The molecular formula is C15H15BrN2O2. The number of rotatable bonds is 4. The zero-order valence-corrected chi connectivity index (χ0v) is 12.7. The van der Waals surface area contributed by atoms with Crippen LogP contribution in [0, 0.1) is 5.92 Å². The molecule has 1 fully saturated rings. The summed E-state index contributed by atoms with van der Waals surface area (Å²) in [6.45, 7) is 2.10. The Balaban J connectivity index is 2.03. The van der Waals surface area contributed by atoms with Crippen LogP contribution in [-0.2, 0) is 0 Å². The lowest BCUT2D eigenvalue weighted by molar-refractivity contribution is 0.0697. The summed E-state index contributed by atoms with van der Waals surface area (Å²) in [7, 11) is 0. The minimum Gasteiger partial charge on any atom is -0.478 e. The van der Waals surface area contributed by atoms with Gasteiger partial charge in [-0.2, -0.15) is 5.10 Å². The Kier molecular flexibility index (Phi) is 3.38. The van der Waals surface area contributed by atoms with Crippen LogP contribution < -0.4 is 0 Å². The largest absolute Gasteiger partial charge is 0.478 e. The van der Waals surface area contributed by atoms with Crippen molar-refractivity contribution in [3.05, 3.63) is 40.5 Å². The molecule has 104 valence electrons. The first-order chi connectivity index (χ1) is 9.56. The molecule has 2 aromatic rings. The highest BCUT2D eigenvalue weighted by molar-refractivity contribution is 9.10. The molecule has 0 radical (unpaired) electrons. The lowest BCUT2D eigenvalue weighted by Gasteiger charge is -2.09. The number of nitrogens with zero attached hydrogens (tertiary/aromatic N) is 2. The topological polar surface area (TPSA) is 55.1 Å². The maximum absolute atomic E-state index is 11.4. The highest BCUT2D eigenvalue weighted by Crippen LogP contribution is 2.39. The molecule has 1 aliphatic carbocycles. The Bertz CT molecular complexity index is 644. The predicted molar refractivity (Wildman–Crippen MR) is 79.8 cm³/mol. The second-order valence-electron chi connectivity index (χ2n) is 5.26. The summed E-state index contributed by atoms with van der Waals surface area (Å²) < 4.78 is 2.77. The van der Waals surface area contributed by atoms with Gasteiger partial charge in [-0.3, -0.25) is 4.68 Å². The van der Waals surface area contributed by atoms with Gasteiger partial charge in [0.2, 0.25) is 0 Å². The number of benzene rings is 1. The Morgan fingerprint density at radius 2 is 2.05 bits per heavy atom. The van der Waals surface area contributed by atoms with Gasteiger partial charge in [-0.15, -0.1) is 0 Å². The standard InChI is InChI=1S/C15H15BrN2O2/c1-9(10-2-3-10)18-8-13(15(19)20)14(17-18)11-4-6-12(16)7-5-11/h4-10H,2-3H2,1H3,(H,19,20). The van der Waals surface area contributed by atoms with E-state index in [4.69, 9.17) is 0 Å². The SMILES string of the molecule is CC(C1CC1)n1cc(C(=O)O)c(-c2ccc(Br)cc2)n1. The van der Waals surface area contributed by atoms with Gasteiger partial charge in [-0.25, -0.2) is 4.79 Å². The molecule has 0 spiro atoms. The molecule has 0 bridgehead atoms. The summed E-state index contributed by atoms with van der Waals surface area (Å²) >= 11 is 3.38. The van der Waals surface area contributed by atoms with Gasteiger partial charge >= 0.3 is 5.97 Å². The number of carboxylic acid groups (broad SMARTS) is 1. The normalized spacial score (nSPS) is 16.1. The first-order valence-electron chi connectivity index (χ1n) is 6.64. The van der Waals surface area contributed by atoms with Crippen LogP contribution in [-0.4, -0.2) is 20.9 Å². The maximum Gasteiger partial charge on any atom is 0.339 e. The van der Waals surface area contributed by atoms with E-state index in [-0.39, 0.29) is 11.6 Å². The van der Waals surface area contributed by atoms with Crippen molar-refractivity contribution in [3.63, 3.8) is 0 Å². The zero-order valence-electron chi connectivity index (χ0n) is 11.1. The molecule has 1 atom stereocenters. The minimum atomic E-state index is -0.933. The summed E-state index contributed by atoms with van der Waals surface area (Å²) in [5, 5.41) is 13.9. The van der Waals surface area contributed by atoms with E-state index in [1.807, 2.05) is 24.3 Å². The van der Waals surface area contributed by atoms with Gasteiger partial charge < -0.3 is 5.11 Å². The summed E-state index contributed by atoms with van der Waals surface area (Å²) in [4.78, 5) is 11.4. The van der Waals surface area contributed by atoms with Crippen molar-refractivity contribution in [1.82, 2.24) is 9.78 Å². The van der Waals surface area contributed by atoms with Crippen LogP contribution in [0.2, 0.25) is 0 Å². The number of hydrogen-bond acceptors (Lipinski definition) is 2. The van der Waals surface area contributed by atoms with Gasteiger partial charge in [0.25, 0.3) is 0 Å². The fourth-order valence-electron chi connectivity index (χ4n) is 2.37. The molecule has 4 nitrogen and oxygen atoms in total. The molecule has 1 unspecified atom stereocenters. The van der Waals surface area contributed by atoms with Crippen LogP contribution in [0.1, 0.15) is 36.2 Å². The molecule has 1 heterocycles. The third-order valence-electron chi connectivity index (χ3n) is 3.80. The number of hydrogen-bond donors (Lipinski definition) is 1. The van der Waals surface area contributed by atoms with Crippen molar-refractivity contribution in [2.24, 2.45) is 5.92 Å². The van der Waals surface area contributed by atoms with Gasteiger partial charge in [0.15, 0.2) is 0 Å². The van der Waals surface area contributed by atoms with Crippen molar-refractivity contribution in [2.75, 3.05) is 0 Å². The van der Waals surface area contributed by atoms with Gasteiger partial charge in [0.1, 0.15) is 11.3 Å². The van der Waals surface area contributed by atoms with E-state index in [9.17, 15) is 9.90 Å². The highest BCUT2D eigenvalue weighted by atomic mass is 79.9. The first kappa shape index (κ1) is 13.4. The van der Waals surface area contributed by atoms with Crippen molar-refractivity contribution >= 4 is 21.9 Å². The fraction of sp³-hybridized carbons (Fsp3) is 0.333. The van der Waals surface area contributed by atoms with Crippen molar-refractivity contribution in [1.29, 1.82) is 0 Å². The second kappa shape index (κ2) is 5.05. The highest BCUT2D eigenvalue weighted by Gasteiger charge is 2.31. The van der Waals surface area contributed by atoms with E-state index in [0.29, 0.717) is 11.6 Å². The fourth-order valence-corrected chi connectivity index (χ4v) is 2.64. The molecule has 0 aliphatic heterocycles. The maximum atomic E-state index is 11.4. The Morgan fingerprint density at radius 1 is 1.40 bits per heavy atom. The van der Waals surface area contributed by atoms with Crippen LogP contribution in [0.5, 0.6) is 0 Å². The number of aromatic carboxylic acids is 1. The third kappa shape index (κ3) is 2.50. The van der Waals surface area contributed by atoms with Gasteiger partial charge in [0.05, 0.1) is 6.04 Å². The summed E-state index contributed by atoms with van der Waals surface area (Å²) in [6, 6.07) is 7.81. The lowest BCUT2D eigenvalue weighted by atomic mass is 10.1. The molecule has 1 aliphatic rings. The molecule has 1 N–H and O–H groups in total. The van der Waals surface area contributed by atoms with E-state index in [1.54, 1.807) is 10.9 Å². The van der Waals surface area contributed by atoms with Crippen LogP contribution in [0.15, 0.2) is 34.9 Å². The van der Waals surface area contributed by atoms with Gasteiger partial charge in [-0.1, -0.05) is 28.1 Å². The van der Waals surface area contributed by atoms with Crippen LogP contribution in [0.3, 0.4) is 0 Å². The Morgan fingerprint density at radius 3 is 2.60 bits per heavy atom. The third-order valence-corrected chi connectivity index (χ3v) is 4.33. The Hall–Kier alpha value is -1.62. The zero-order chi connectivity index (χ0) is 14.3. The summed E-state index contributed by atoms with van der Waals surface area (Å²) in [5.41, 5.74) is 1.63. The van der Waals surface area contributed by atoms with E-state index in [0.717, 1.165) is 10.0 Å².